The molecular weight excluding hydrogens is 266 g/mol. The van der Waals surface area contributed by atoms with Gasteiger partial charge in [-0.2, -0.15) is 0 Å². The highest BCUT2D eigenvalue weighted by molar-refractivity contribution is 7.92. The molecule has 1 saturated heterocycles. The standard InChI is InChI=1S/C13H19NO4S/c1-18-13-7-10(4-5-12(13)15)8-14-9-11-3-2-6-19(11,16)17/h4-5,7,11,14-15H,2-3,6,8-9H2,1H3. The summed E-state index contributed by atoms with van der Waals surface area (Å²) >= 11 is 0. The zero-order valence-corrected chi connectivity index (χ0v) is 11.7. The average molecular weight is 285 g/mol. The van der Waals surface area contributed by atoms with E-state index in [0.29, 0.717) is 24.6 Å². The van der Waals surface area contributed by atoms with Gasteiger partial charge in [-0.05, 0) is 30.5 Å². The molecule has 0 radical (unpaired) electrons. The molecule has 0 saturated carbocycles. The lowest BCUT2D eigenvalue weighted by molar-refractivity contribution is 0.373. The van der Waals surface area contributed by atoms with Crippen molar-refractivity contribution in [2.75, 3.05) is 19.4 Å². The quantitative estimate of drug-likeness (QED) is 0.846. The number of methoxy groups -OCH3 is 1. The fourth-order valence-corrected chi connectivity index (χ4v) is 4.10. The Labute approximate surface area is 113 Å². The molecule has 1 unspecified atom stereocenters. The van der Waals surface area contributed by atoms with Crippen LogP contribution in [0.2, 0.25) is 0 Å². The summed E-state index contributed by atoms with van der Waals surface area (Å²) < 4.78 is 28.3. The first-order valence-electron chi connectivity index (χ1n) is 6.31. The highest BCUT2D eigenvalue weighted by Gasteiger charge is 2.30. The Morgan fingerprint density at radius 2 is 2.26 bits per heavy atom. The molecule has 1 fully saturated rings. The number of phenols is 1. The van der Waals surface area contributed by atoms with Crippen LogP contribution in [0.5, 0.6) is 11.5 Å². The zero-order valence-electron chi connectivity index (χ0n) is 10.9. The van der Waals surface area contributed by atoms with Gasteiger partial charge < -0.3 is 15.2 Å². The molecule has 1 atom stereocenters. The van der Waals surface area contributed by atoms with Crippen molar-refractivity contribution < 1.29 is 18.3 Å². The number of ether oxygens (including phenoxy) is 1. The van der Waals surface area contributed by atoms with E-state index in [2.05, 4.69) is 5.32 Å². The van der Waals surface area contributed by atoms with E-state index < -0.39 is 9.84 Å². The molecule has 1 aliphatic rings. The van der Waals surface area contributed by atoms with Crippen LogP contribution >= 0.6 is 0 Å². The molecule has 0 spiro atoms. The van der Waals surface area contributed by atoms with E-state index in [-0.39, 0.29) is 11.0 Å². The summed E-state index contributed by atoms with van der Waals surface area (Å²) in [6, 6.07) is 5.10. The Balaban J connectivity index is 1.89. The summed E-state index contributed by atoms with van der Waals surface area (Å²) in [4.78, 5) is 0. The molecule has 0 bridgehead atoms. The third-order valence-corrected chi connectivity index (χ3v) is 5.68. The van der Waals surface area contributed by atoms with Crippen molar-refractivity contribution in [2.45, 2.75) is 24.6 Å². The lowest BCUT2D eigenvalue weighted by atomic mass is 10.2. The van der Waals surface area contributed by atoms with E-state index in [4.69, 9.17) is 4.74 Å². The Hall–Kier alpha value is -1.27. The van der Waals surface area contributed by atoms with Crippen LogP contribution in [0.25, 0.3) is 0 Å². The maximum atomic E-state index is 11.7. The van der Waals surface area contributed by atoms with Crippen molar-refractivity contribution in [2.24, 2.45) is 0 Å². The number of benzene rings is 1. The van der Waals surface area contributed by atoms with E-state index in [9.17, 15) is 13.5 Å². The predicted molar refractivity (Wildman–Crippen MR) is 73.2 cm³/mol. The maximum absolute atomic E-state index is 11.7. The van der Waals surface area contributed by atoms with Crippen LogP contribution in [-0.4, -0.2) is 38.2 Å². The van der Waals surface area contributed by atoms with Crippen molar-refractivity contribution in [3.8, 4) is 11.5 Å². The predicted octanol–water partition coefficient (Wildman–Crippen LogP) is 1.07. The first-order valence-corrected chi connectivity index (χ1v) is 8.02. The molecule has 0 aliphatic carbocycles. The molecule has 0 amide bonds. The summed E-state index contributed by atoms with van der Waals surface area (Å²) in [6.07, 6.45) is 1.51. The molecule has 1 heterocycles. The Morgan fingerprint density at radius 1 is 1.47 bits per heavy atom. The van der Waals surface area contributed by atoms with Gasteiger partial charge in [-0.15, -0.1) is 0 Å². The molecule has 1 aromatic carbocycles. The van der Waals surface area contributed by atoms with Gasteiger partial charge >= 0.3 is 0 Å². The molecule has 1 aromatic rings. The van der Waals surface area contributed by atoms with Crippen LogP contribution in [0.4, 0.5) is 0 Å². The SMILES string of the molecule is COc1cc(CNCC2CCCS2(=O)=O)ccc1O. The van der Waals surface area contributed by atoms with E-state index in [1.807, 2.05) is 0 Å². The second-order valence-corrected chi connectivity index (χ2v) is 7.17. The minimum absolute atomic E-state index is 0.102. The van der Waals surface area contributed by atoms with Gasteiger partial charge in [0.05, 0.1) is 18.1 Å². The van der Waals surface area contributed by atoms with Crippen LogP contribution < -0.4 is 10.1 Å². The van der Waals surface area contributed by atoms with Gasteiger partial charge in [-0.1, -0.05) is 6.07 Å². The Morgan fingerprint density at radius 3 is 2.89 bits per heavy atom. The van der Waals surface area contributed by atoms with E-state index in [0.717, 1.165) is 18.4 Å². The molecule has 2 N–H and O–H groups in total. The number of hydrogen-bond acceptors (Lipinski definition) is 5. The fourth-order valence-electron chi connectivity index (χ4n) is 2.30. The topological polar surface area (TPSA) is 75.6 Å². The van der Waals surface area contributed by atoms with Gasteiger partial charge in [0.15, 0.2) is 21.3 Å². The molecule has 19 heavy (non-hydrogen) atoms. The fraction of sp³-hybridized carbons (Fsp3) is 0.538. The van der Waals surface area contributed by atoms with Crippen molar-refractivity contribution in [3.63, 3.8) is 0 Å². The van der Waals surface area contributed by atoms with E-state index in [1.54, 1.807) is 18.2 Å². The third-order valence-electron chi connectivity index (χ3n) is 3.41. The number of nitrogens with one attached hydrogen (secondary N) is 1. The average Bonchev–Trinajstić information content (AvgIpc) is 2.71. The molecule has 106 valence electrons. The second kappa shape index (κ2) is 5.79. The largest absolute Gasteiger partial charge is 0.504 e. The Bertz CT molecular complexity index is 542. The normalized spacial score (nSPS) is 21.4. The second-order valence-electron chi connectivity index (χ2n) is 4.77. The Kier molecular flexibility index (Phi) is 4.31. The molecule has 2 rings (SSSR count). The van der Waals surface area contributed by atoms with Crippen LogP contribution in [-0.2, 0) is 16.4 Å². The highest BCUT2D eigenvalue weighted by atomic mass is 32.2. The smallest absolute Gasteiger partial charge is 0.160 e. The molecule has 6 heteroatoms. The number of phenolic OH excluding ortho intramolecular Hbond substituents is 1. The van der Waals surface area contributed by atoms with Gasteiger partial charge in [-0.3, -0.25) is 0 Å². The summed E-state index contributed by atoms with van der Waals surface area (Å²) in [6.45, 7) is 1.04. The summed E-state index contributed by atoms with van der Waals surface area (Å²) in [5.41, 5.74) is 0.949. The number of aromatic hydroxyl groups is 1. The van der Waals surface area contributed by atoms with Gasteiger partial charge in [0, 0.05) is 13.1 Å². The molecule has 0 aromatic heterocycles. The minimum atomic E-state index is -2.89. The number of sulfone groups is 1. The number of rotatable bonds is 5. The van der Waals surface area contributed by atoms with Gasteiger partial charge in [-0.25, -0.2) is 8.42 Å². The van der Waals surface area contributed by atoms with Crippen molar-refractivity contribution in [3.05, 3.63) is 23.8 Å². The summed E-state index contributed by atoms with van der Waals surface area (Å²) in [5.74, 6) is 0.837. The van der Waals surface area contributed by atoms with Crippen LogP contribution in [0.15, 0.2) is 18.2 Å². The molecule has 5 nitrogen and oxygen atoms in total. The molecular formula is C13H19NO4S. The number of hydrogen-bond donors (Lipinski definition) is 2. The minimum Gasteiger partial charge on any atom is -0.504 e. The van der Waals surface area contributed by atoms with Crippen LogP contribution in [0.3, 0.4) is 0 Å². The monoisotopic (exact) mass is 285 g/mol. The maximum Gasteiger partial charge on any atom is 0.160 e. The lowest BCUT2D eigenvalue weighted by Crippen LogP contribution is -2.30. The third kappa shape index (κ3) is 3.39. The highest BCUT2D eigenvalue weighted by Crippen LogP contribution is 2.26. The van der Waals surface area contributed by atoms with E-state index >= 15 is 0 Å². The first kappa shape index (κ1) is 14.1. The van der Waals surface area contributed by atoms with Crippen molar-refractivity contribution >= 4 is 9.84 Å². The zero-order chi connectivity index (χ0) is 13.9. The summed E-state index contributed by atoms with van der Waals surface area (Å²) in [7, 11) is -1.39. The first-order chi connectivity index (χ1) is 9.03. The van der Waals surface area contributed by atoms with Crippen LogP contribution in [0.1, 0.15) is 18.4 Å². The van der Waals surface area contributed by atoms with Crippen LogP contribution in [0, 0.1) is 0 Å². The van der Waals surface area contributed by atoms with Gasteiger partial charge in [0.2, 0.25) is 0 Å². The van der Waals surface area contributed by atoms with Crippen molar-refractivity contribution in [1.29, 1.82) is 0 Å². The molecule has 1 aliphatic heterocycles. The van der Waals surface area contributed by atoms with E-state index in [1.165, 1.54) is 7.11 Å². The lowest BCUT2D eigenvalue weighted by Gasteiger charge is -2.11. The van der Waals surface area contributed by atoms with Gasteiger partial charge in [0.1, 0.15) is 0 Å². The van der Waals surface area contributed by atoms with Crippen molar-refractivity contribution in [1.82, 2.24) is 5.32 Å². The van der Waals surface area contributed by atoms with Gasteiger partial charge in [0.25, 0.3) is 0 Å². The summed E-state index contributed by atoms with van der Waals surface area (Å²) in [5, 5.41) is 12.4.